The molecule has 108 valence electrons. The number of hydrogen-bond donors (Lipinski definition) is 1. The van der Waals surface area contributed by atoms with E-state index in [0.717, 1.165) is 19.1 Å². The Hall–Kier alpha value is -0.120. The van der Waals surface area contributed by atoms with Crippen LogP contribution in [0.1, 0.15) is 58.8 Å². The van der Waals surface area contributed by atoms with Crippen molar-refractivity contribution in [3.8, 4) is 0 Å². The fourth-order valence-electron chi connectivity index (χ4n) is 2.70. The van der Waals surface area contributed by atoms with Crippen molar-refractivity contribution in [3.63, 3.8) is 0 Å². The number of rotatable bonds is 10. The Bertz CT molecular complexity index is 199. The lowest BCUT2D eigenvalue weighted by Crippen LogP contribution is -2.45. The summed E-state index contributed by atoms with van der Waals surface area (Å²) in [6.45, 7) is 7.79. The zero-order valence-electron chi connectivity index (χ0n) is 12.6. The van der Waals surface area contributed by atoms with Gasteiger partial charge in [0.1, 0.15) is 0 Å². The third-order valence-corrected chi connectivity index (χ3v) is 3.93. The van der Waals surface area contributed by atoms with E-state index in [4.69, 9.17) is 4.74 Å². The summed E-state index contributed by atoms with van der Waals surface area (Å²) in [4.78, 5) is 0. The Morgan fingerprint density at radius 2 is 2.17 bits per heavy atom. The zero-order chi connectivity index (χ0) is 13.2. The fraction of sp³-hybridized carbons (Fsp3) is 1.00. The number of unbranched alkanes of at least 4 members (excludes halogenated alkanes) is 3. The molecule has 0 aromatic heterocycles. The molecule has 1 aliphatic rings. The predicted octanol–water partition coefficient (Wildman–Crippen LogP) is 3.21. The summed E-state index contributed by atoms with van der Waals surface area (Å²) < 4.78 is 5.27. The largest absolute Gasteiger partial charge is 0.383 e. The molecule has 0 radical (unpaired) electrons. The van der Waals surface area contributed by atoms with E-state index in [1.54, 1.807) is 7.11 Å². The van der Waals surface area contributed by atoms with Crippen molar-refractivity contribution in [1.82, 2.24) is 10.4 Å². The Morgan fingerprint density at radius 3 is 2.89 bits per heavy atom. The van der Waals surface area contributed by atoms with Gasteiger partial charge in [0, 0.05) is 26.2 Å². The highest BCUT2D eigenvalue weighted by Crippen LogP contribution is 2.16. The maximum absolute atomic E-state index is 5.27. The molecule has 1 saturated heterocycles. The number of nitrogens with one attached hydrogen (secondary N) is 1. The van der Waals surface area contributed by atoms with Gasteiger partial charge in [0.2, 0.25) is 0 Å². The monoisotopic (exact) mass is 256 g/mol. The number of nitrogens with zero attached hydrogens (tertiary/aromatic N) is 1. The second-order valence-corrected chi connectivity index (χ2v) is 5.76. The first-order chi connectivity index (χ1) is 8.77. The molecule has 1 aliphatic heterocycles. The highest BCUT2D eigenvalue weighted by Gasteiger charge is 2.24. The van der Waals surface area contributed by atoms with E-state index in [9.17, 15) is 0 Å². The second kappa shape index (κ2) is 9.76. The summed E-state index contributed by atoms with van der Waals surface area (Å²) >= 11 is 0. The quantitative estimate of drug-likeness (QED) is 0.607. The number of hydrazine groups is 1. The minimum Gasteiger partial charge on any atom is -0.383 e. The van der Waals surface area contributed by atoms with Crippen molar-refractivity contribution < 1.29 is 4.74 Å². The van der Waals surface area contributed by atoms with Gasteiger partial charge in [-0.05, 0) is 25.2 Å². The van der Waals surface area contributed by atoms with Crippen LogP contribution in [0.15, 0.2) is 0 Å². The van der Waals surface area contributed by atoms with Crippen LogP contribution in [0, 0.1) is 5.92 Å². The molecule has 0 aromatic carbocycles. The SMILES string of the molecule is CCCCCC[C@H](C)CNN1CCC[C@H]1COC. The van der Waals surface area contributed by atoms with Crippen molar-refractivity contribution in [2.75, 3.05) is 26.8 Å². The topological polar surface area (TPSA) is 24.5 Å². The molecule has 0 unspecified atom stereocenters. The molecule has 0 amide bonds. The number of hydrogen-bond acceptors (Lipinski definition) is 3. The standard InChI is InChI=1S/C15H32N2O/c1-4-5-6-7-9-14(2)12-16-17-11-8-10-15(17)13-18-3/h14-16H,4-13H2,1-3H3/t14-,15-/m0/s1. The molecule has 18 heavy (non-hydrogen) atoms. The fourth-order valence-corrected chi connectivity index (χ4v) is 2.70. The van der Waals surface area contributed by atoms with Gasteiger partial charge in [-0.25, -0.2) is 5.01 Å². The summed E-state index contributed by atoms with van der Waals surface area (Å²) in [6, 6.07) is 0.585. The van der Waals surface area contributed by atoms with Crippen LogP contribution < -0.4 is 5.43 Å². The smallest absolute Gasteiger partial charge is 0.0632 e. The molecule has 0 spiro atoms. The summed E-state index contributed by atoms with van der Waals surface area (Å²) in [6.07, 6.45) is 9.43. The van der Waals surface area contributed by atoms with E-state index in [2.05, 4.69) is 24.3 Å². The number of ether oxygens (including phenoxy) is 1. The predicted molar refractivity (Wildman–Crippen MR) is 77.5 cm³/mol. The lowest BCUT2D eigenvalue weighted by molar-refractivity contribution is 0.0793. The third kappa shape index (κ3) is 6.17. The molecule has 1 N–H and O–H groups in total. The molecule has 0 bridgehead atoms. The van der Waals surface area contributed by atoms with Gasteiger partial charge in [-0.15, -0.1) is 0 Å². The van der Waals surface area contributed by atoms with E-state index in [0.29, 0.717) is 6.04 Å². The first kappa shape index (κ1) is 15.9. The van der Waals surface area contributed by atoms with Crippen molar-refractivity contribution in [2.45, 2.75) is 64.8 Å². The second-order valence-electron chi connectivity index (χ2n) is 5.76. The lowest BCUT2D eigenvalue weighted by Gasteiger charge is -2.26. The molecule has 1 rings (SSSR count). The van der Waals surface area contributed by atoms with Gasteiger partial charge >= 0.3 is 0 Å². The maximum Gasteiger partial charge on any atom is 0.0632 e. The van der Waals surface area contributed by atoms with E-state index in [1.165, 1.54) is 51.5 Å². The van der Waals surface area contributed by atoms with Crippen molar-refractivity contribution >= 4 is 0 Å². The number of methoxy groups -OCH3 is 1. The van der Waals surface area contributed by atoms with Crippen LogP contribution in [0.25, 0.3) is 0 Å². The normalized spacial score (nSPS) is 22.5. The van der Waals surface area contributed by atoms with Gasteiger partial charge in [-0.3, -0.25) is 5.43 Å². The van der Waals surface area contributed by atoms with Crippen LogP contribution in [0.2, 0.25) is 0 Å². The van der Waals surface area contributed by atoms with Gasteiger partial charge in [0.05, 0.1) is 6.61 Å². The van der Waals surface area contributed by atoms with Crippen molar-refractivity contribution in [1.29, 1.82) is 0 Å². The van der Waals surface area contributed by atoms with Gasteiger partial charge in [0.15, 0.2) is 0 Å². The summed E-state index contributed by atoms with van der Waals surface area (Å²) in [5, 5.41) is 2.39. The molecule has 0 aliphatic carbocycles. The Kier molecular flexibility index (Phi) is 8.64. The summed E-state index contributed by atoms with van der Waals surface area (Å²) in [5.74, 6) is 0.783. The van der Waals surface area contributed by atoms with E-state index >= 15 is 0 Å². The highest BCUT2D eigenvalue weighted by molar-refractivity contribution is 4.76. The lowest BCUT2D eigenvalue weighted by atomic mass is 10.0. The molecule has 0 aromatic rings. The van der Waals surface area contributed by atoms with Gasteiger partial charge in [-0.1, -0.05) is 39.5 Å². The minimum absolute atomic E-state index is 0.585. The van der Waals surface area contributed by atoms with Crippen molar-refractivity contribution in [2.24, 2.45) is 5.92 Å². The van der Waals surface area contributed by atoms with E-state index < -0.39 is 0 Å². The maximum atomic E-state index is 5.27. The third-order valence-electron chi connectivity index (χ3n) is 3.93. The first-order valence-electron chi connectivity index (χ1n) is 7.77. The van der Waals surface area contributed by atoms with Crippen LogP contribution in [0.5, 0.6) is 0 Å². The molecule has 3 heteroatoms. The summed E-state index contributed by atoms with van der Waals surface area (Å²) in [7, 11) is 1.80. The molecular weight excluding hydrogens is 224 g/mol. The van der Waals surface area contributed by atoms with Crippen LogP contribution in [-0.2, 0) is 4.74 Å². The Morgan fingerprint density at radius 1 is 1.33 bits per heavy atom. The molecule has 2 atom stereocenters. The minimum atomic E-state index is 0.585. The molecular formula is C15H32N2O. The van der Waals surface area contributed by atoms with Gasteiger partial charge in [-0.2, -0.15) is 0 Å². The van der Waals surface area contributed by atoms with Crippen LogP contribution in [0.4, 0.5) is 0 Å². The van der Waals surface area contributed by atoms with Crippen molar-refractivity contribution in [3.05, 3.63) is 0 Å². The molecule has 0 saturated carbocycles. The van der Waals surface area contributed by atoms with Gasteiger partial charge in [0.25, 0.3) is 0 Å². The zero-order valence-corrected chi connectivity index (χ0v) is 12.6. The van der Waals surface area contributed by atoms with Crippen LogP contribution in [0.3, 0.4) is 0 Å². The molecule has 1 heterocycles. The van der Waals surface area contributed by atoms with Gasteiger partial charge < -0.3 is 4.74 Å². The average Bonchev–Trinajstić information content (AvgIpc) is 2.80. The molecule has 3 nitrogen and oxygen atoms in total. The highest BCUT2D eigenvalue weighted by atomic mass is 16.5. The average molecular weight is 256 g/mol. The molecule has 1 fully saturated rings. The van der Waals surface area contributed by atoms with Crippen LogP contribution in [-0.4, -0.2) is 37.9 Å². The summed E-state index contributed by atoms with van der Waals surface area (Å²) in [5.41, 5.74) is 3.61. The van der Waals surface area contributed by atoms with E-state index in [1.807, 2.05) is 0 Å². The Balaban J connectivity index is 2.07. The van der Waals surface area contributed by atoms with Crippen LogP contribution >= 0.6 is 0 Å². The first-order valence-corrected chi connectivity index (χ1v) is 7.77. The Labute approximate surface area is 113 Å². The van der Waals surface area contributed by atoms with E-state index in [-0.39, 0.29) is 0 Å².